The van der Waals surface area contributed by atoms with Crippen LogP contribution in [0.4, 0.5) is 0 Å². The van der Waals surface area contributed by atoms with E-state index in [2.05, 4.69) is 20.8 Å². The highest BCUT2D eigenvalue weighted by Crippen LogP contribution is 2.30. The van der Waals surface area contributed by atoms with Gasteiger partial charge >= 0.3 is 5.97 Å². The highest BCUT2D eigenvalue weighted by Gasteiger charge is 2.42. The van der Waals surface area contributed by atoms with Crippen LogP contribution >= 0.6 is 0 Å². The molecule has 0 aliphatic rings. The average Bonchev–Trinajstić information content (AvgIpc) is 2.67. The van der Waals surface area contributed by atoms with E-state index in [1.165, 1.54) is 4.90 Å². The first-order valence-electron chi connectivity index (χ1n) is 8.89. The van der Waals surface area contributed by atoms with Crippen molar-refractivity contribution in [2.75, 3.05) is 19.7 Å². The predicted molar refractivity (Wildman–Crippen MR) is 98.3 cm³/mol. The number of likely N-dealkylation sites (N-methyl/N-ethyl adjacent to an activating group) is 1. The summed E-state index contributed by atoms with van der Waals surface area (Å²) in [5.74, 6) is -0.636. The summed E-state index contributed by atoms with van der Waals surface area (Å²) in [5, 5.41) is 11.3. The van der Waals surface area contributed by atoms with E-state index in [4.69, 9.17) is 4.74 Å². The fourth-order valence-corrected chi connectivity index (χ4v) is 3.13. The Morgan fingerprint density at radius 2 is 1.42 bits per heavy atom. The molecule has 5 heteroatoms. The standard InChI is InChI=1S/C21H27NO3.ClH/c1-4-22(5-2)17(3)16-25-20(23)21(24,18-12-8-6-9-13-18)19-14-10-7-11-15-19;/h6-15,17,24H,4-5,16H2,1-3H3;1H. The summed E-state index contributed by atoms with van der Waals surface area (Å²) in [4.78, 5) is 14.2. The van der Waals surface area contributed by atoms with Crippen LogP contribution in [-0.2, 0) is 15.1 Å². The molecule has 0 amide bonds. The van der Waals surface area contributed by atoms with Gasteiger partial charge in [-0.2, -0.15) is 0 Å². The van der Waals surface area contributed by atoms with Gasteiger partial charge in [-0.3, -0.25) is 0 Å². The molecule has 0 saturated carbocycles. The van der Waals surface area contributed by atoms with Crippen LogP contribution in [0.15, 0.2) is 60.7 Å². The Morgan fingerprint density at radius 3 is 1.81 bits per heavy atom. The quantitative estimate of drug-likeness (QED) is 0.567. The molecule has 2 aromatic rings. The fraction of sp³-hybridized carbons (Fsp3) is 0.381. The first kappa shape index (κ1) is 22.2. The molecule has 0 bridgehead atoms. The van der Waals surface area contributed by atoms with Gasteiger partial charge in [0.2, 0.25) is 5.60 Å². The summed E-state index contributed by atoms with van der Waals surface area (Å²) in [6.07, 6.45) is 0. The zero-order valence-corrected chi connectivity index (χ0v) is 16.4. The van der Waals surface area contributed by atoms with Gasteiger partial charge in [-0.05, 0) is 31.9 Å². The van der Waals surface area contributed by atoms with Crippen molar-refractivity contribution in [3.63, 3.8) is 0 Å². The molecule has 2 rings (SSSR count). The number of rotatable bonds is 8. The van der Waals surface area contributed by atoms with Crippen molar-refractivity contribution in [1.82, 2.24) is 0 Å². The van der Waals surface area contributed by atoms with Gasteiger partial charge in [0.25, 0.3) is 0 Å². The van der Waals surface area contributed by atoms with Gasteiger partial charge in [-0.25, -0.2) is 4.79 Å². The van der Waals surface area contributed by atoms with Gasteiger partial charge in [0, 0.05) is 0 Å². The topological polar surface area (TPSA) is 51.0 Å². The molecule has 1 atom stereocenters. The van der Waals surface area contributed by atoms with Gasteiger partial charge < -0.3 is 27.2 Å². The number of ether oxygens (including phenoxy) is 1. The van der Waals surface area contributed by atoms with Crippen LogP contribution < -0.4 is 17.3 Å². The van der Waals surface area contributed by atoms with E-state index in [-0.39, 0.29) is 25.1 Å². The summed E-state index contributed by atoms with van der Waals surface area (Å²) >= 11 is 0. The number of halogens is 1. The Labute approximate surface area is 162 Å². The van der Waals surface area contributed by atoms with Crippen LogP contribution in [0.1, 0.15) is 31.9 Å². The fourth-order valence-electron chi connectivity index (χ4n) is 3.13. The Bertz CT molecular complexity index is 620. The molecule has 0 aliphatic carbocycles. The van der Waals surface area contributed by atoms with Crippen LogP contribution in [0.3, 0.4) is 0 Å². The number of benzene rings is 2. The smallest absolute Gasteiger partial charge is 0.347 e. The summed E-state index contributed by atoms with van der Waals surface area (Å²) in [5.41, 5.74) is -0.788. The lowest BCUT2D eigenvalue weighted by Crippen LogP contribution is -3.15. The Kier molecular flexibility index (Phi) is 8.79. The second-order valence-corrected chi connectivity index (χ2v) is 6.31. The van der Waals surface area contributed by atoms with Crippen LogP contribution in [0.25, 0.3) is 0 Å². The van der Waals surface area contributed by atoms with E-state index in [9.17, 15) is 9.90 Å². The third kappa shape index (κ3) is 4.85. The Balaban J connectivity index is 0.00000338. The number of hydrogen-bond acceptors (Lipinski definition) is 3. The van der Waals surface area contributed by atoms with Gasteiger partial charge in [-0.15, -0.1) is 0 Å². The molecule has 0 heterocycles. The zero-order valence-electron chi connectivity index (χ0n) is 15.6. The van der Waals surface area contributed by atoms with Crippen LogP contribution in [0.5, 0.6) is 0 Å². The maximum absolute atomic E-state index is 12.9. The second kappa shape index (κ2) is 10.3. The summed E-state index contributed by atoms with van der Waals surface area (Å²) in [7, 11) is 0. The monoisotopic (exact) mass is 377 g/mol. The van der Waals surface area contributed by atoms with Crippen molar-refractivity contribution in [2.24, 2.45) is 0 Å². The largest absolute Gasteiger partial charge is 1.00 e. The summed E-state index contributed by atoms with van der Waals surface area (Å²) in [6, 6.07) is 18.1. The van der Waals surface area contributed by atoms with Gasteiger partial charge in [0.1, 0.15) is 12.6 Å². The van der Waals surface area contributed by atoms with Gasteiger partial charge in [0.15, 0.2) is 0 Å². The maximum atomic E-state index is 12.9. The molecule has 0 aromatic heterocycles. The number of esters is 1. The third-order valence-corrected chi connectivity index (χ3v) is 4.75. The molecule has 2 aromatic carbocycles. The number of nitrogens with one attached hydrogen (secondary N) is 1. The molecular weight excluding hydrogens is 350 g/mol. The Hall–Kier alpha value is -1.88. The number of carbonyl (C=O) groups is 1. The van der Waals surface area contributed by atoms with E-state index in [1.54, 1.807) is 48.5 Å². The number of quaternary nitrogens is 1. The number of aliphatic hydroxyl groups is 1. The summed E-state index contributed by atoms with van der Waals surface area (Å²) in [6.45, 7) is 8.49. The number of carbonyl (C=O) groups excluding carboxylic acids is 1. The first-order chi connectivity index (χ1) is 12.0. The molecule has 0 saturated heterocycles. The van der Waals surface area contributed by atoms with E-state index >= 15 is 0 Å². The zero-order chi connectivity index (χ0) is 18.3. The van der Waals surface area contributed by atoms with Gasteiger partial charge in [-0.1, -0.05) is 60.7 Å². The second-order valence-electron chi connectivity index (χ2n) is 6.31. The molecule has 142 valence electrons. The Morgan fingerprint density at radius 1 is 1.00 bits per heavy atom. The van der Waals surface area contributed by atoms with Crippen molar-refractivity contribution in [3.05, 3.63) is 71.8 Å². The lowest BCUT2D eigenvalue weighted by molar-refractivity contribution is -0.920. The van der Waals surface area contributed by atoms with Crippen molar-refractivity contribution in [1.29, 1.82) is 0 Å². The van der Waals surface area contributed by atoms with E-state index in [1.807, 2.05) is 12.1 Å². The number of hydrogen-bond donors (Lipinski definition) is 2. The summed E-state index contributed by atoms with van der Waals surface area (Å²) < 4.78 is 5.55. The van der Waals surface area contributed by atoms with E-state index in [0.717, 1.165) is 13.1 Å². The van der Waals surface area contributed by atoms with Crippen molar-refractivity contribution < 1.29 is 31.9 Å². The molecule has 0 spiro atoms. The maximum Gasteiger partial charge on any atom is 0.347 e. The minimum absolute atomic E-state index is 0. The first-order valence-corrected chi connectivity index (χ1v) is 8.89. The lowest BCUT2D eigenvalue weighted by atomic mass is 9.86. The minimum Gasteiger partial charge on any atom is -1.00 e. The van der Waals surface area contributed by atoms with E-state index in [0.29, 0.717) is 11.1 Å². The molecule has 26 heavy (non-hydrogen) atoms. The highest BCUT2D eigenvalue weighted by molar-refractivity contribution is 5.85. The average molecular weight is 378 g/mol. The molecule has 0 radical (unpaired) electrons. The molecule has 0 fully saturated rings. The van der Waals surface area contributed by atoms with Crippen LogP contribution in [-0.4, -0.2) is 36.8 Å². The van der Waals surface area contributed by atoms with Gasteiger partial charge in [0.05, 0.1) is 13.1 Å². The highest BCUT2D eigenvalue weighted by atomic mass is 35.5. The van der Waals surface area contributed by atoms with Crippen molar-refractivity contribution >= 4 is 5.97 Å². The molecule has 2 N–H and O–H groups in total. The molecular formula is C21H28ClNO3. The van der Waals surface area contributed by atoms with E-state index < -0.39 is 11.6 Å². The third-order valence-electron chi connectivity index (χ3n) is 4.75. The van der Waals surface area contributed by atoms with Crippen LogP contribution in [0.2, 0.25) is 0 Å². The molecule has 0 aliphatic heterocycles. The van der Waals surface area contributed by atoms with Crippen molar-refractivity contribution in [3.8, 4) is 0 Å². The molecule has 4 nitrogen and oxygen atoms in total. The predicted octanol–water partition coefficient (Wildman–Crippen LogP) is -1.22. The SMILES string of the molecule is CC[NH+](CC)C(C)COC(=O)C(O)(c1ccccc1)c1ccccc1.[Cl-]. The lowest BCUT2D eigenvalue weighted by Gasteiger charge is -2.29. The minimum atomic E-state index is -1.80. The molecule has 1 unspecified atom stereocenters. The normalized spacial score (nSPS) is 12.3. The van der Waals surface area contributed by atoms with Crippen molar-refractivity contribution in [2.45, 2.75) is 32.4 Å². The van der Waals surface area contributed by atoms with Crippen LogP contribution in [0, 0.1) is 0 Å².